The van der Waals surface area contributed by atoms with Crippen molar-refractivity contribution in [1.29, 1.82) is 0 Å². The highest BCUT2D eigenvalue weighted by Gasteiger charge is 2.28. The molecule has 126 valence electrons. The predicted octanol–water partition coefficient (Wildman–Crippen LogP) is 0.0495. The first-order chi connectivity index (χ1) is 12.1. The van der Waals surface area contributed by atoms with Crippen LogP contribution < -0.4 is 10.6 Å². The van der Waals surface area contributed by atoms with Crippen LogP contribution in [0.2, 0.25) is 0 Å². The Morgan fingerprint density at radius 2 is 1.84 bits per heavy atom. The van der Waals surface area contributed by atoms with Crippen LogP contribution in [0.15, 0.2) is 58.7 Å². The van der Waals surface area contributed by atoms with E-state index in [0.29, 0.717) is 11.4 Å². The molecule has 8 heteroatoms. The zero-order valence-corrected chi connectivity index (χ0v) is 13.2. The molecule has 0 radical (unpaired) electrons. The minimum atomic E-state index is -0.561. The molecule has 1 aliphatic heterocycles. The molecule has 0 fully saturated rings. The van der Waals surface area contributed by atoms with Crippen LogP contribution in [-0.2, 0) is 9.59 Å². The fourth-order valence-corrected chi connectivity index (χ4v) is 2.29. The normalized spacial score (nSPS) is 18.1. The van der Waals surface area contributed by atoms with Crippen molar-refractivity contribution in [1.82, 2.24) is 15.6 Å². The Kier molecular flexibility index (Phi) is 4.89. The van der Waals surface area contributed by atoms with Crippen molar-refractivity contribution in [3.63, 3.8) is 0 Å². The van der Waals surface area contributed by atoms with Crippen molar-refractivity contribution in [2.24, 2.45) is 15.9 Å². The lowest BCUT2D eigenvalue weighted by molar-refractivity contribution is -0.119. The lowest BCUT2D eigenvalue weighted by Gasteiger charge is -2.17. The third-order valence-electron chi connectivity index (χ3n) is 3.51. The van der Waals surface area contributed by atoms with E-state index in [1.54, 1.807) is 42.5 Å². The van der Waals surface area contributed by atoms with Gasteiger partial charge in [-0.2, -0.15) is 4.99 Å². The minimum absolute atomic E-state index is 0.174. The van der Waals surface area contributed by atoms with Crippen LogP contribution in [0.4, 0.5) is 0 Å². The molecule has 1 aliphatic carbocycles. The van der Waals surface area contributed by atoms with Crippen molar-refractivity contribution in [2.75, 3.05) is 13.1 Å². The van der Waals surface area contributed by atoms with Gasteiger partial charge in [0.05, 0.1) is 5.71 Å². The van der Waals surface area contributed by atoms with Crippen molar-refractivity contribution < 1.29 is 14.4 Å². The molecule has 1 aromatic heterocycles. The molecule has 2 aliphatic rings. The van der Waals surface area contributed by atoms with E-state index in [2.05, 4.69) is 25.6 Å². The van der Waals surface area contributed by atoms with E-state index in [1.165, 1.54) is 6.20 Å². The van der Waals surface area contributed by atoms with E-state index in [-0.39, 0.29) is 24.8 Å². The van der Waals surface area contributed by atoms with Gasteiger partial charge in [-0.15, -0.1) is 0 Å². The SMILES string of the molecule is O=C(NCCNC(=O)c1ccccn1)C1=NC(=O)C2C=CC=CC2=N1. The molecule has 3 amide bonds. The zero-order valence-electron chi connectivity index (χ0n) is 13.2. The molecule has 0 aromatic carbocycles. The number of fused-ring (bicyclic) bond motifs is 1. The number of amidine groups is 1. The maximum atomic E-state index is 12.1. The summed E-state index contributed by atoms with van der Waals surface area (Å²) in [5, 5.41) is 5.20. The van der Waals surface area contributed by atoms with Gasteiger partial charge in [0.25, 0.3) is 17.7 Å². The number of carbonyl (C=O) groups excluding carboxylic acids is 3. The van der Waals surface area contributed by atoms with E-state index in [1.807, 2.05) is 0 Å². The monoisotopic (exact) mass is 337 g/mol. The molecule has 1 aromatic rings. The Morgan fingerprint density at radius 1 is 1.04 bits per heavy atom. The fraction of sp³-hybridized carbons (Fsp3) is 0.176. The van der Waals surface area contributed by atoms with Crippen molar-refractivity contribution in [3.05, 3.63) is 54.4 Å². The van der Waals surface area contributed by atoms with Crippen LogP contribution in [0.5, 0.6) is 0 Å². The number of hydrogen-bond acceptors (Lipinski definition) is 5. The predicted molar refractivity (Wildman–Crippen MR) is 91.2 cm³/mol. The van der Waals surface area contributed by atoms with Crippen molar-refractivity contribution >= 4 is 29.3 Å². The number of carbonyl (C=O) groups is 3. The third-order valence-corrected chi connectivity index (χ3v) is 3.51. The maximum absolute atomic E-state index is 12.1. The molecule has 2 heterocycles. The van der Waals surface area contributed by atoms with Crippen LogP contribution in [0.1, 0.15) is 10.5 Å². The van der Waals surface area contributed by atoms with E-state index < -0.39 is 17.7 Å². The molecule has 0 saturated heterocycles. The summed E-state index contributed by atoms with van der Waals surface area (Å²) in [5.74, 6) is -2.00. The summed E-state index contributed by atoms with van der Waals surface area (Å²) in [6.45, 7) is 0.388. The Bertz CT molecular complexity index is 824. The van der Waals surface area contributed by atoms with Crippen LogP contribution in [0.3, 0.4) is 0 Å². The van der Waals surface area contributed by atoms with Crippen LogP contribution in [0, 0.1) is 5.92 Å². The molecule has 0 spiro atoms. The quantitative estimate of drug-likeness (QED) is 0.739. The molecule has 0 bridgehead atoms. The summed E-state index contributed by atoms with van der Waals surface area (Å²) in [7, 11) is 0. The van der Waals surface area contributed by atoms with Gasteiger partial charge < -0.3 is 10.6 Å². The van der Waals surface area contributed by atoms with E-state index in [9.17, 15) is 14.4 Å². The largest absolute Gasteiger partial charge is 0.349 e. The number of aliphatic imine (C=N–C) groups is 2. The molecule has 3 rings (SSSR count). The van der Waals surface area contributed by atoms with E-state index >= 15 is 0 Å². The highest BCUT2D eigenvalue weighted by molar-refractivity contribution is 6.44. The summed E-state index contributed by atoms with van der Waals surface area (Å²) in [5.41, 5.74) is 0.793. The second-order valence-electron chi connectivity index (χ2n) is 5.26. The molecule has 1 atom stereocenters. The molecule has 25 heavy (non-hydrogen) atoms. The van der Waals surface area contributed by atoms with Gasteiger partial charge in [-0.25, -0.2) is 4.99 Å². The third kappa shape index (κ3) is 3.92. The first-order valence-electron chi connectivity index (χ1n) is 7.68. The maximum Gasteiger partial charge on any atom is 0.289 e. The lowest BCUT2D eigenvalue weighted by atomic mass is 9.96. The number of nitrogens with one attached hydrogen (secondary N) is 2. The molecular weight excluding hydrogens is 322 g/mol. The average Bonchev–Trinajstić information content (AvgIpc) is 2.65. The average molecular weight is 337 g/mol. The second kappa shape index (κ2) is 7.43. The van der Waals surface area contributed by atoms with Crippen LogP contribution in [0.25, 0.3) is 0 Å². The van der Waals surface area contributed by atoms with Crippen LogP contribution in [-0.4, -0.2) is 47.3 Å². The highest BCUT2D eigenvalue weighted by Crippen LogP contribution is 2.16. The summed E-state index contributed by atoms with van der Waals surface area (Å²) in [4.78, 5) is 47.6. The first-order valence-corrected chi connectivity index (χ1v) is 7.68. The van der Waals surface area contributed by atoms with E-state index in [0.717, 1.165) is 0 Å². The lowest BCUT2D eigenvalue weighted by Crippen LogP contribution is -2.40. The summed E-state index contributed by atoms with van der Waals surface area (Å²) in [6, 6.07) is 5.02. The molecule has 8 nitrogen and oxygen atoms in total. The molecule has 1 unspecified atom stereocenters. The first kappa shape index (κ1) is 16.4. The van der Waals surface area contributed by atoms with E-state index in [4.69, 9.17) is 0 Å². The van der Waals surface area contributed by atoms with Gasteiger partial charge in [0.15, 0.2) is 0 Å². The Hall–Kier alpha value is -3.42. The fourth-order valence-electron chi connectivity index (χ4n) is 2.29. The number of hydrogen-bond donors (Lipinski definition) is 2. The summed E-state index contributed by atoms with van der Waals surface area (Å²) in [6.07, 6.45) is 8.38. The Labute approximate surface area is 143 Å². The Morgan fingerprint density at radius 3 is 2.60 bits per heavy atom. The van der Waals surface area contributed by atoms with Gasteiger partial charge in [-0.1, -0.05) is 24.3 Å². The van der Waals surface area contributed by atoms with Crippen LogP contribution >= 0.6 is 0 Å². The second-order valence-corrected chi connectivity index (χ2v) is 5.26. The zero-order chi connectivity index (χ0) is 17.6. The molecular formula is C17H15N5O3. The van der Waals surface area contributed by atoms with Crippen molar-refractivity contribution in [3.8, 4) is 0 Å². The number of nitrogens with zero attached hydrogens (tertiary/aromatic N) is 3. The summed E-state index contributed by atoms with van der Waals surface area (Å²) >= 11 is 0. The van der Waals surface area contributed by atoms with Crippen molar-refractivity contribution in [2.45, 2.75) is 0 Å². The number of aromatic nitrogens is 1. The van der Waals surface area contributed by atoms with Gasteiger partial charge in [0, 0.05) is 19.3 Å². The molecule has 2 N–H and O–H groups in total. The smallest absolute Gasteiger partial charge is 0.289 e. The minimum Gasteiger partial charge on any atom is -0.349 e. The summed E-state index contributed by atoms with van der Waals surface area (Å²) < 4.78 is 0. The number of amides is 3. The van der Waals surface area contributed by atoms with Gasteiger partial charge in [0.2, 0.25) is 5.84 Å². The number of rotatable bonds is 5. The van der Waals surface area contributed by atoms with Gasteiger partial charge in [-0.05, 0) is 18.2 Å². The van der Waals surface area contributed by atoms with Gasteiger partial charge in [-0.3, -0.25) is 19.4 Å². The number of allylic oxidation sites excluding steroid dienone is 3. The Balaban J connectivity index is 1.49. The van der Waals surface area contributed by atoms with Gasteiger partial charge >= 0.3 is 0 Å². The topological polar surface area (TPSA) is 113 Å². The number of pyridine rings is 1. The molecule has 0 saturated carbocycles. The highest BCUT2D eigenvalue weighted by atomic mass is 16.2. The standard InChI is InChI=1S/C17H15N5O3/c23-15-11-5-1-2-6-12(11)21-14(22-15)17(25)20-10-9-19-16(24)13-7-3-4-8-18-13/h1-8,11H,9-10H2,(H,19,24)(H,20,25). The van der Waals surface area contributed by atoms with Gasteiger partial charge in [0.1, 0.15) is 11.6 Å².